The zero-order chi connectivity index (χ0) is 25.3. The maximum atomic E-state index is 13.4. The van der Waals surface area contributed by atoms with Gasteiger partial charge >= 0.3 is 5.97 Å². The van der Waals surface area contributed by atoms with Crippen LogP contribution in [-0.4, -0.2) is 34.5 Å². The highest BCUT2D eigenvalue weighted by molar-refractivity contribution is 7.90. The van der Waals surface area contributed by atoms with Crippen molar-refractivity contribution in [3.63, 3.8) is 0 Å². The van der Waals surface area contributed by atoms with Gasteiger partial charge in [-0.05, 0) is 68.9 Å². The number of esters is 1. The van der Waals surface area contributed by atoms with Gasteiger partial charge < -0.3 is 9.30 Å². The number of hydrogen-bond donors (Lipinski definition) is 0. The minimum Gasteiger partial charge on any atom is -0.466 e. The lowest BCUT2D eigenvalue weighted by Gasteiger charge is -2.30. The Hall–Kier alpha value is -3.64. The predicted molar refractivity (Wildman–Crippen MR) is 136 cm³/mol. The summed E-state index contributed by atoms with van der Waals surface area (Å²) >= 11 is 0. The maximum absolute atomic E-state index is 13.4. The van der Waals surface area contributed by atoms with E-state index in [0.717, 1.165) is 42.1 Å². The molecule has 5 rings (SSSR count). The van der Waals surface area contributed by atoms with Crippen LogP contribution in [0, 0.1) is 17.2 Å². The first-order valence-corrected chi connectivity index (χ1v) is 13.7. The third kappa shape index (κ3) is 4.26. The molecule has 0 bridgehead atoms. The van der Waals surface area contributed by atoms with Crippen LogP contribution in [0.2, 0.25) is 0 Å². The van der Waals surface area contributed by atoms with E-state index in [1.165, 1.54) is 3.97 Å². The van der Waals surface area contributed by atoms with Crippen molar-refractivity contribution in [1.29, 1.82) is 5.26 Å². The monoisotopic (exact) mass is 504 g/mol. The van der Waals surface area contributed by atoms with Crippen LogP contribution < -0.4 is 0 Å². The SMILES string of the molecule is CCOC(=O)Cc1nc2ccc3c(ccn3S(=O)(=O)c3ccccc3)c2n1C1CCC(CC#N)CC1. The minimum absolute atomic E-state index is 0.0468. The lowest BCUT2D eigenvalue weighted by Crippen LogP contribution is -2.21. The largest absolute Gasteiger partial charge is 0.466 e. The van der Waals surface area contributed by atoms with Crippen LogP contribution in [0.4, 0.5) is 0 Å². The molecule has 1 saturated carbocycles. The van der Waals surface area contributed by atoms with E-state index in [1.807, 2.05) is 12.1 Å². The van der Waals surface area contributed by atoms with Gasteiger partial charge in [0.25, 0.3) is 10.0 Å². The zero-order valence-electron chi connectivity index (χ0n) is 20.1. The normalized spacial score (nSPS) is 18.3. The molecule has 0 amide bonds. The highest BCUT2D eigenvalue weighted by Gasteiger charge is 2.28. The van der Waals surface area contributed by atoms with Gasteiger partial charge in [-0.3, -0.25) is 4.79 Å². The van der Waals surface area contributed by atoms with Crippen LogP contribution in [0.25, 0.3) is 21.9 Å². The van der Waals surface area contributed by atoms with E-state index in [-0.39, 0.29) is 23.3 Å². The summed E-state index contributed by atoms with van der Waals surface area (Å²) in [5.41, 5.74) is 2.11. The number of benzene rings is 2. The maximum Gasteiger partial charge on any atom is 0.313 e. The molecule has 0 aliphatic heterocycles. The van der Waals surface area contributed by atoms with E-state index in [2.05, 4.69) is 10.6 Å². The Morgan fingerprint density at radius 2 is 1.86 bits per heavy atom. The third-order valence-corrected chi connectivity index (χ3v) is 8.73. The van der Waals surface area contributed by atoms with E-state index in [9.17, 15) is 13.2 Å². The molecule has 0 N–H and O–H groups in total. The van der Waals surface area contributed by atoms with Crippen LogP contribution in [0.1, 0.15) is 50.9 Å². The summed E-state index contributed by atoms with van der Waals surface area (Å²) in [5.74, 6) is 0.665. The first-order valence-electron chi connectivity index (χ1n) is 12.3. The molecule has 186 valence electrons. The second-order valence-corrected chi connectivity index (χ2v) is 11.0. The minimum atomic E-state index is -3.78. The predicted octanol–water partition coefficient (Wildman–Crippen LogP) is 4.98. The van der Waals surface area contributed by atoms with E-state index in [4.69, 9.17) is 15.0 Å². The van der Waals surface area contributed by atoms with Crippen molar-refractivity contribution in [1.82, 2.24) is 13.5 Å². The first-order chi connectivity index (χ1) is 17.4. The van der Waals surface area contributed by atoms with E-state index < -0.39 is 10.0 Å². The fourth-order valence-corrected chi connectivity index (χ4v) is 6.71. The number of nitrogens with zero attached hydrogens (tertiary/aromatic N) is 4. The number of rotatable bonds is 7. The second-order valence-electron chi connectivity index (χ2n) is 9.21. The number of ether oxygens (including phenoxy) is 1. The van der Waals surface area contributed by atoms with E-state index in [0.29, 0.717) is 30.3 Å². The molecule has 9 heteroatoms. The van der Waals surface area contributed by atoms with Gasteiger partial charge in [-0.25, -0.2) is 17.4 Å². The smallest absolute Gasteiger partial charge is 0.313 e. The summed E-state index contributed by atoms with van der Waals surface area (Å²) in [6, 6.07) is 16.2. The van der Waals surface area contributed by atoms with Crippen molar-refractivity contribution in [3.05, 3.63) is 60.6 Å². The fourth-order valence-electron chi connectivity index (χ4n) is 5.34. The van der Waals surface area contributed by atoms with Crippen molar-refractivity contribution >= 4 is 37.9 Å². The number of aromatic nitrogens is 3. The highest BCUT2D eigenvalue weighted by Crippen LogP contribution is 2.39. The summed E-state index contributed by atoms with van der Waals surface area (Å²) in [6.07, 6.45) is 5.77. The van der Waals surface area contributed by atoms with Gasteiger partial charge in [0.15, 0.2) is 0 Å². The fraction of sp³-hybridized carbons (Fsp3) is 0.370. The molecule has 36 heavy (non-hydrogen) atoms. The van der Waals surface area contributed by atoms with Crippen molar-refractivity contribution in [2.75, 3.05) is 6.61 Å². The first kappa shape index (κ1) is 24.1. The molecular weight excluding hydrogens is 476 g/mol. The van der Waals surface area contributed by atoms with Gasteiger partial charge in [-0.2, -0.15) is 5.26 Å². The molecule has 0 saturated heterocycles. The lowest BCUT2D eigenvalue weighted by molar-refractivity contribution is -0.142. The van der Waals surface area contributed by atoms with Gasteiger partial charge in [-0.15, -0.1) is 0 Å². The van der Waals surface area contributed by atoms with Crippen LogP contribution in [0.3, 0.4) is 0 Å². The zero-order valence-corrected chi connectivity index (χ0v) is 20.9. The number of imidazole rings is 1. The number of carbonyl (C=O) groups is 1. The van der Waals surface area contributed by atoms with Crippen LogP contribution in [-0.2, 0) is 26.0 Å². The second kappa shape index (κ2) is 9.78. The number of carbonyl (C=O) groups excluding carboxylic acids is 1. The Morgan fingerprint density at radius 3 is 2.56 bits per heavy atom. The molecule has 2 aromatic heterocycles. The molecule has 0 radical (unpaired) electrons. The summed E-state index contributed by atoms with van der Waals surface area (Å²) < 4.78 is 35.4. The van der Waals surface area contributed by atoms with Gasteiger partial charge in [0.1, 0.15) is 12.2 Å². The molecule has 8 nitrogen and oxygen atoms in total. The molecule has 2 aromatic carbocycles. The Morgan fingerprint density at radius 1 is 1.11 bits per heavy atom. The van der Waals surface area contributed by atoms with Gasteiger partial charge in [0.05, 0.1) is 34.1 Å². The molecule has 1 fully saturated rings. The molecular formula is C27H28N4O4S. The molecule has 1 aliphatic rings. The van der Waals surface area contributed by atoms with Crippen LogP contribution in [0.5, 0.6) is 0 Å². The van der Waals surface area contributed by atoms with E-state index in [1.54, 1.807) is 49.5 Å². The Labute approximate surface area is 210 Å². The average Bonchev–Trinajstić information content (AvgIpc) is 3.47. The van der Waals surface area contributed by atoms with Crippen molar-refractivity contribution < 1.29 is 17.9 Å². The Kier molecular flexibility index (Phi) is 6.54. The van der Waals surface area contributed by atoms with Gasteiger partial charge in [0, 0.05) is 24.0 Å². The van der Waals surface area contributed by atoms with Crippen LogP contribution >= 0.6 is 0 Å². The van der Waals surface area contributed by atoms with Gasteiger partial charge in [-0.1, -0.05) is 18.2 Å². The van der Waals surface area contributed by atoms with Crippen LogP contribution in [0.15, 0.2) is 59.6 Å². The summed E-state index contributed by atoms with van der Waals surface area (Å²) in [6.45, 7) is 2.07. The lowest BCUT2D eigenvalue weighted by atomic mass is 9.84. The molecule has 0 spiro atoms. The quantitative estimate of drug-likeness (QED) is 0.329. The number of nitriles is 1. The number of hydrogen-bond acceptors (Lipinski definition) is 6. The van der Waals surface area contributed by atoms with Crippen molar-refractivity contribution in [2.24, 2.45) is 5.92 Å². The topological polar surface area (TPSA) is 107 Å². The third-order valence-electron chi connectivity index (χ3n) is 7.02. The number of fused-ring (bicyclic) bond motifs is 3. The van der Waals surface area contributed by atoms with Gasteiger partial charge in [0.2, 0.25) is 0 Å². The Bertz CT molecular complexity index is 1560. The highest BCUT2D eigenvalue weighted by atomic mass is 32.2. The Balaban J connectivity index is 1.65. The molecule has 0 unspecified atom stereocenters. The standard InChI is InChI=1S/C27H28N4O4S/c1-2-35-26(32)18-25-29-23-12-13-24-22(15-17-30(24)36(33,34)21-6-4-3-5-7-21)27(23)31(25)20-10-8-19(9-11-20)14-16-28/h3-7,12-13,15,17,19-20H,2,8-11,14,18H2,1H3. The summed E-state index contributed by atoms with van der Waals surface area (Å²) in [7, 11) is -3.78. The molecule has 1 aliphatic carbocycles. The average molecular weight is 505 g/mol. The van der Waals surface area contributed by atoms with E-state index >= 15 is 0 Å². The van der Waals surface area contributed by atoms with Crippen molar-refractivity contribution in [2.45, 2.75) is 56.4 Å². The molecule has 4 aromatic rings. The molecule has 0 atom stereocenters. The molecule has 2 heterocycles. The summed E-state index contributed by atoms with van der Waals surface area (Å²) in [5, 5.41) is 9.88. The van der Waals surface area contributed by atoms with Crippen molar-refractivity contribution in [3.8, 4) is 6.07 Å². The summed E-state index contributed by atoms with van der Waals surface area (Å²) in [4.78, 5) is 17.4.